The highest BCUT2D eigenvalue weighted by Gasteiger charge is 2.45. The zero-order valence-electron chi connectivity index (χ0n) is 13.7. The van der Waals surface area contributed by atoms with Crippen molar-refractivity contribution in [2.75, 3.05) is 13.1 Å². The molecule has 3 rings (SSSR count). The number of rotatable bonds is 4. The number of amides is 1. The highest BCUT2D eigenvalue weighted by molar-refractivity contribution is 7.09. The largest absolute Gasteiger partial charge is 0.346 e. The van der Waals surface area contributed by atoms with Crippen molar-refractivity contribution in [3.63, 3.8) is 0 Å². The summed E-state index contributed by atoms with van der Waals surface area (Å²) < 4.78 is 0. The van der Waals surface area contributed by atoms with Crippen LogP contribution in [0.4, 0.5) is 0 Å². The van der Waals surface area contributed by atoms with Gasteiger partial charge in [-0.05, 0) is 52.6 Å². The topological polar surface area (TPSA) is 45.2 Å². The van der Waals surface area contributed by atoms with E-state index in [1.54, 1.807) is 11.3 Å². The molecule has 5 heteroatoms. The summed E-state index contributed by atoms with van der Waals surface area (Å²) >= 11 is 1.64. The third-order valence-electron chi connectivity index (χ3n) is 5.17. The van der Waals surface area contributed by atoms with Crippen LogP contribution in [0.15, 0.2) is 5.38 Å². The van der Waals surface area contributed by atoms with E-state index in [2.05, 4.69) is 27.5 Å². The van der Waals surface area contributed by atoms with Crippen LogP contribution >= 0.6 is 11.3 Å². The summed E-state index contributed by atoms with van der Waals surface area (Å²) in [6, 6.07) is 0.00704. The lowest BCUT2D eigenvalue weighted by molar-refractivity contribution is -0.136. The van der Waals surface area contributed by atoms with Crippen LogP contribution in [-0.2, 0) is 4.79 Å². The van der Waals surface area contributed by atoms with Crippen LogP contribution in [0.2, 0.25) is 0 Å². The first-order chi connectivity index (χ1) is 10.6. The molecule has 22 heavy (non-hydrogen) atoms. The molecule has 1 atom stereocenters. The van der Waals surface area contributed by atoms with E-state index in [-0.39, 0.29) is 17.5 Å². The fourth-order valence-corrected chi connectivity index (χ4v) is 4.74. The zero-order chi connectivity index (χ0) is 15.6. The molecule has 1 aromatic heterocycles. The van der Waals surface area contributed by atoms with Gasteiger partial charge in [-0.15, -0.1) is 11.3 Å². The van der Waals surface area contributed by atoms with Crippen LogP contribution in [0.5, 0.6) is 0 Å². The molecular weight excluding hydrogens is 294 g/mol. The number of carbonyl (C=O) groups is 1. The first kappa shape index (κ1) is 15.9. The van der Waals surface area contributed by atoms with E-state index in [1.807, 2.05) is 6.92 Å². The number of hydrogen-bond donors (Lipinski definition) is 1. The standard InChI is InChI=1S/C17H27N3OS/c1-13-12-22-15(18-13)14(2)19-16(21)17(8-4-3-5-9-17)20-10-6-7-11-20/h12,14H,3-11H2,1-2H3,(H,19,21). The van der Waals surface area contributed by atoms with E-state index in [0.29, 0.717) is 0 Å². The lowest BCUT2D eigenvalue weighted by Crippen LogP contribution is -2.59. The average Bonchev–Trinajstić information content (AvgIpc) is 3.19. The van der Waals surface area contributed by atoms with Gasteiger partial charge in [-0.25, -0.2) is 4.98 Å². The van der Waals surface area contributed by atoms with Crippen molar-refractivity contribution < 1.29 is 4.79 Å². The fraction of sp³-hybridized carbons (Fsp3) is 0.765. The number of aromatic nitrogens is 1. The van der Waals surface area contributed by atoms with Gasteiger partial charge in [0.05, 0.1) is 6.04 Å². The Morgan fingerprint density at radius 1 is 1.27 bits per heavy atom. The molecule has 1 aromatic rings. The molecular formula is C17H27N3OS. The highest BCUT2D eigenvalue weighted by Crippen LogP contribution is 2.36. The Balaban J connectivity index is 1.74. The molecule has 1 N–H and O–H groups in total. The van der Waals surface area contributed by atoms with Gasteiger partial charge in [0.25, 0.3) is 0 Å². The van der Waals surface area contributed by atoms with Crippen LogP contribution < -0.4 is 5.32 Å². The molecule has 0 aromatic carbocycles. The second kappa shape index (κ2) is 6.67. The fourth-order valence-electron chi connectivity index (χ4n) is 3.93. The van der Waals surface area contributed by atoms with E-state index in [9.17, 15) is 4.79 Å². The third kappa shape index (κ3) is 3.06. The average molecular weight is 321 g/mol. The van der Waals surface area contributed by atoms with Crippen molar-refractivity contribution >= 4 is 17.2 Å². The molecule has 2 heterocycles. The van der Waals surface area contributed by atoms with Gasteiger partial charge in [0.15, 0.2) is 0 Å². The summed E-state index contributed by atoms with van der Waals surface area (Å²) in [5, 5.41) is 6.33. The zero-order valence-corrected chi connectivity index (χ0v) is 14.5. The lowest BCUT2D eigenvalue weighted by atomic mass is 9.79. The quantitative estimate of drug-likeness (QED) is 0.924. The SMILES string of the molecule is Cc1csc(C(C)NC(=O)C2(N3CCCC3)CCCCC2)n1. The summed E-state index contributed by atoms with van der Waals surface area (Å²) in [4.78, 5) is 20.1. The van der Waals surface area contributed by atoms with Crippen molar-refractivity contribution in [3.05, 3.63) is 16.1 Å². The maximum absolute atomic E-state index is 13.1. The minimum absolute atomic E-state index is 0.00704. The Labute approximate surface area is 137 Å². The predicted octanol–water partition coefficient (Wildman–Crippen LogP) is 3.43. The van der Waals surface area contributed by atoms with Crippen LogP contribution in [0.3, 0.4) is 0 Å². The van der Waals surface area contributed by atoms with Gasteiger partial charge in [0.2, 0.25) is 5.91 Å². The first-order valence-electron chi connectivity index (χ1n) is 8.60. The van der Waals surface area contributed by atoms with Gasteiger partial charge >= 0.3 is 0 Å². The second-order valence-electron chi connectivity index (χ2n) is 6.81. The highest BCUT2D eigenvalue weighted by atomic mass is 32.1. The van der Waals surface area contributed by atoms with Gasteiger partial charge in [-0.2, -0.15) is 0 Å². The van der Waals surface area contributed by atoms with Crippen molar-refractivity contribution in [1.29, 1.82) is 0 Å². The van der Waals surface area contributed by atoms with Gasteiger partial charge in [-0.1, -0.05) is 19.3 Å². The molecule has 1 saturated carbocycles. The van der Waals surface area contributed by atoms with Gasteiger partial charge in [-0.3, -0.25) is 9.69 Å². The van der Waals surface area contributed by atoms with Crippen LogP contribution in [0.1, 0.15) is 68.6 Å². The van der Waals surface area contributed by atoms with Crippen LogP contribution in [-0.4, -0.2) is 34.4 Å². The Hall–Kier alpha value is -0.940. The number of carbonyl (C=O) groups excluding carboxylic acids is 1. The minimum Gasteiger partial charge on any atom is -0.346 e. The Morgan fingerprint density at radius 2 is 1.95 bits per heavy atom. The van der Waals surface area contributed by atoms with E-state index in [0.717, 1.165) is 36.6 Å². The number of nitrogens with zero attached hydrogens (tertiary/aromatic N) is 2. The molecule has 1 aliphatic carbocycles. The molecule has 2 fully saturated rings. The predicted molar refractivity (Wildman–Crippen MR) is 90.0 cm³/mol. The lowest BCUT2D eigenvalue weighted by Gasteiger charge is -2.43. The Bertz CT molecular complexity index is 516. The van der Waals surface area contributed by atoms with E-state index in [1.165, 1.54) is 32.1 Å². The summed E-state index contributed by atoms with van der Waals surface area (Å²) in [6.45, 7) is 6.22. The summed E-state index contributed by atoms with van der Waals surface area (Å²) in [6.07, 6.45) is 8.12. The van der Waals surface area contributed by atoms with Gasteiger partial charge in [0, 0.05) is 11.1 Å². The molecule has 0 radical (unpaired) electrons. The van der Waals surface area contributed by atoms with Crippen molar-refractivity contribution in [1.82, 2.24) is 15.2 Å². The van der Waals surface area contributed by atoms with E-state index in [4.69, 9.17) is 0 Å². The maximum Gasteiger partial charge on any atom is 0.241 e. The van der Waals surface area contributed by atoms with Crippen molar-refractivity contribution in [2.45, 2.75) is 70.4 Å². The monoisotopic (exact) mass is 321 g/mol. The number of hydrogen-bond acceptors (Lipinski definition) is 4. The second-order valence-corrected chi connectivity index (χ2v) is 7.70. The van der Waals surface area contributed by atoms with Crippen LogP contribution in [0, 0.1) is 6.92 Å². The number of nitrogens with one attached hydrogen (secondary N) is 1. The van der Waals surface area contributed by atoms with E-state index < -0.39 is 0 Å². The molecule has 1 unspecified atom stereocenters. The maximum atomic E-state index is 13.1. The number of thiazole rings is 1. The number of likely N-dealkylation sites (tertiary alicyclic amines) is 1. The normalized spacial score (nSPS) is 23.4. The minimum atomic E-state index is -0.255. The first-order valence-corrected chi connectivity index (χ1v) is 9.48. The van der Waals surface area contributed by atoms with Gasteiger partial charge < -0.3 is 5.32 Å². The van der Waals surface area contributed by atoms with Crippen molar-refractivity contribution in [2.24, 2.45) is 0 Å². The summed E-state index contributed by atoms with van der Waals surface area (Å²) in [7, 11) is 0. The Morgan fingerprint density at radius 3 is 2.55 bits per heavy atom. The molecule has 122 valence electrons. The molecule has 1 saturated heterocycles. The summed E-state index contributed by atoms with van der Waals surface area (Å²) in [5.74, 6) is 0.231. The summed E-state index contributed by atoms with van der Waals surface area (Å²) in [5.41, 5.74) is 0.781. The smallest absolute Gasteiger partial charge is 0.241 e. The molecule has 0 bridgehead atoms. The molecule has 4 nitrogen and oxygen atoms in total. The van der Waals surface area contributed by atoms with Gasteiger partial charge in [0.1, 0.15) is 10.5 Å². The molecule has 2 aliphatic rings. The van der Waals surface area contributed by atoms with Crippen LogP contribution in [0.25, 0.3) is 0 Å². The molecule has 1 aliphatic heterocycles. The third-order valence-corrected chi connectivity index (χ3v) is 6.31. The Kier molecular flexibility index (Phi) is 4.83. The van der Waals surface area contributed by atoms with E-state index >= 15 is 0 Å². The molecule has 1 amide bonds. The van der Waals surface area contributed by atoms with Crippen molar-refractivity contribution in [3.8, 4) is 0 Å². The number of aryl methyl sites for hydroxylation is 1. The molecule has 0 spiro atoms.